The number of rotatable bonds is 6. The number of benzene rings is 1. The lowest BCUT2D eigenvalue weighted by atomic mass is 10.1. The minimum atomic E-state index is -0.204. The molecule has 1 aliphatic carbocycles. The van der Waals surface area contributed by atoms with Crippen LogP contribution in [0, 0.1) is 12.7 Å². The third kappa shape index (κ3) is 4.15. The molecule has 21 heavy (non-hydrogen) atoms. The highest BCUT2D eigenvalue weighted by Crippen LogP contribution is 2.24. The van der Waals surface area contributed by atoms with Crippen LogP contribution in [-0.2, 0) is 6.42 Å². The van der Waals surface area contributed by atoms with Gasteiger partial charge in [0, 0.05) is 24.3 Å². The maximum Gasteiger partial charge on any atom is 0.224 e. The van der Waals surface area contributed by atoms with E-state index in [-0.39, 0.29) is 5.82 Å². The van der Waals surface area contributed by atoms with Crippen LogP contribution >= 0.6 is 0 Å². The Morgan fingerprint density at radius 3 is 2.67 bits per heavy atom. The van der Waals surface area contributed by atoms with Crippen molar-refractivity contribution in [3.05, 3.63) is 47.4 Å². The first kappa shape index (κ1) is 13.8. The Morgan fingerprint density at radius 2 is 1.95 bits per heavy atom. The second kappa shape index (κ2) is 6.08. The van der Waals surface area contributed by atoms with E-state index < -0.39 is 0 Å². The molecule has 0 aliphatic heterocycles. The van der Waals surface area contributed by atoms with E-state index >= 15 is 0 Å². The van der Waals surface area contributed by atoms with Crippen LogP contribution in [0.15, 0.2) is 30.3 Å². The van der Waals surface area contributed by atoms with Crippen LogP contribution in [0.25, 0.3) is 0 Å². The summed E-state index contributed by atoms with van der Waals surface area (Å²) >= 11 is 0. The Kier molecular flexibility index (Phi) is 3.99. The van der Waals surface area contributed by atoms with Gasteiger partial charge in [-0.25, -0.2) is 9.37 Å². The maximum atomic E-state index is 12.8. The normalized spacial score (nSPS) is 14.0. The average molecular weight is 286 g/mol. The van der Waals surface area contributed by atoms with Crippen LogP contribution in [0.5, 0.6) is 0 Å². The summed E-state index contributed by atoms with van der Waals surface area (Å²) in [6.07, 6.45) is 3.25. The van der Waals surface area contributed by atoms with E-state index in [4.69, 9.17) is 0 Å². The lowest BCUT2D eigenvalue weighted by molar-refractivity contribution is 0.627. The number of aromatic nitrogens is 2. The quantitative estimate of drug-likeness (QED) is 0.856. The molecular formula is C16H19FN4. The standard InChI is InChI=1S/C16H19FN4/c1-11-10-15(20-14-6-7-14)21-16(19-11)18-9-8-12-2-4-13(17)5-3-12/h2-5,10,14H,6-9H2,1H3,(H2,18,19,20,21). The number of nitrogens with zero attached hydrogens (tertiary/aromatic N) is 2. The lowest BCUT2D eigenvalue weighted by Gasteiger charge is -2.09. The van der Waals surface area contributed by atoms with Gasteiger partial charge < -0.3 is 10.6 Å². The second-order valence-electron chi connectivity index (χ2n) is 5.44. The first-order valence-electron chi connectivity index (χ1n) is 7.29. The van der Waals surface area contributed by atoms with E-state index in [0.29, 0.717) is 12.0 Å². The molecule has 3 rings (SSSR count). The zero-order valence-corrected chi connectivity index (χ0v) is 12.1. The molecule has 1 aromatic heterocycles. The monoisotopic (exact) mass is 286 g/mol. The third-order valence-electron chi connectivity index (χ3n) is 3.39. The Morgan fingerprint density at radius 1 is 1.19 bits per heavy atom. The molecule has 0 atom stereocenters. The zero-order valence-electron chi connectivity index (χ0n) is 12.1. The van der Waals surface area contributed by atoms with Crippen molar-refractivity contribution in [1.82, 2.24) is 9.97 Å². The number of nitrogens with one attached hydrogen (secondary N) is 2. The van der Waals surface area contributed by atoms with Gasteiger partial charge in [0.2, 0.25) is 5.95 Å². The highest BCUT2D eigenvalue weighted by atomic mass is 19.1. The second-order valence-corrected chi connectivity index (χ2v) is 5.44. The topological polar surface area (TPSA) is 49.8 Å². The van der Waals surface area contributed by atoms with Crippen molar-refractivity contribution in [3.63, 3.8) is 0 Å². The highest BCUT2D eigenvalue weighted by Gasteiger charge is 2.21. The minimum Gasteiger partial charge on any atom is -0.367 e. The Balaban J connectivity index is 1.56. The summed E-state index contributed by atoms with van der Waals surface area (Å²) < 4.78 is 12.8. The summed E-state index contributed by atoms with van der Waals surface area (Å²) in [6, 6.07) is 9.10. The zero-order chi connectivity index (χ0) is 14.7. The van der Waals surface area contributed by atoms with Crippen LogP contribution < -0.4 is 10.6 Å². The molecule has 110 valence electrons. The number of hydrogen-bond donors (Lipinski definition) is 2. The third-order valence-corrected chi connectivity index (χ3v) is 3.39. The van der Waals surface area contributed by atoms with E-state index in [2.05, 4.69) is 20.6 Å². The summed E-state index contributed by atoms with van der Waals surface area (Å²) in [5.74, 6) is 1.32. The molecule has 0 spiro atoms. The van der Waals surface area contributed by atoms with Gasteiger partial charge >= 0.3 is 0 Å². The molecule has 0 unspecified atom stereocenters. The predicted molar refractivity (Wildman–Crippen MR) is 82.0 cm³/mol. The first-order chi connectivity index (χ1) is 10.2. The van der Waals surface area contributed by atoms with Crippen molar-refractivity contribution >= 4 is 11.8 Å². The molecule has 0 saturated heterocycles. The fourth-order valence-electron chi connectivity index (χ4n) is 2.13. The van der Waals surface area contributed by atoms with Crippen molar-refractivity contribution in [3.8, 4) is 0 Å². The molecule has 4 nitrogen and oxygen atoms in total. The van der Waals surface area contributed by atoms with Gasteiger partial charge in [-0.05, 0) is 43.9 Å². The van der Waals surface area contributed by atoms with Crippen LogP contribution in [-0.4, -0.2) is 22.6 Å². The van der Waals surface area contributed by atoms with E-state index in [9.17, 15) is 4.39 Å². The van der Waals surface area contributed by atoms with Crippen molar-refractivity contribution < 1.29 is 4.39 Å². The molecule has 0 amide bonds. The largest absolute Gasteiger partial charge is 0.367 e. The number of aryl methyl sites for hydroxylation is 1. The molecule has 0 bridgehead atoms. The molecule has 5 heteroatoms. The fourth-order valence-corrected chi connectivity index (χ4v) is 2.13. The van der Waals surface area contributed by atoms with Crippen molar-refractivity contribution in [2.75, 3.05) is 17.2 Å². The van der Waals surface area contributed by atoms with E-state index in [1.54, 1.807) is 12.1 Å². The minimum absolute atomic E-state index is 0.204. The maximum absolute atomic E-state index is 12.8. The van der Waals surface area contributed by atoms with E-state index in [0.717, 1.165) is 30.0 Å². The lowest BCUT2D eigenvalue weighted by Crippen LogP contribution is -2.11. The van der Waals surface area contributed by atoms with Gasteiger partial charge in [0.25, 0.3) is 0 Å². The highest BCUT2D eigenvalue weighted by molar-refractivity contribution is 5.43. The van der Waals surface area contributed by atoms with Gasteiger partial charge in [0.1, 0.15) is 11.6 Å². The molecule has 1 aliphatic rings. The average Bonchev–Trinajstić information content (AvgIpc) is 3.24. The Labute approximate surface area is 123 Å². The summed E-state index contributed by atoms with van der Waals surface area (Å²) in [5, 5.41) is 6.61. The van der Waals surface area contributed by atoms with Gasteiger partial charge in [-0.3, -0.25) is 0 Å². The summed E-state index contributed by atoms with van der Waals surface area (Å²) in [6.45, 7) is 2.68. The number of hydrogen-bond acceptors (Lipinski definition) is 4. The summed E-state index contributed by atoms with van der Waals surface area (Å²) in [5.41, 5.74) is 2.03. The SMILES string of the molecule is Cc1cc(NC2CC2)nc(NCCc2ccc(F)cc2)n1. The smallest absolute Gasteiger partial charge is 0.224 e. The number of halogens is 1. The Hall–Kier alpha value is -2.17. The van der Waals surface area contributed by atoms with Crippen molar-refractivity contribution in [2.24, 2.45) is 0 Å². The van der Waals surface area contributed by atoms with E-state index in [1.165, 1.54) is 25.0 Å². The molecule has 1 fully saturated rings. The predicted octanol–water partition coefficient (Wildman–Crippen LogP) is 3.15. The summed E-state index contributed by atoms with van der Waals surface area (Å²) in [7, 11) is 0. The molecule has 2 aromatic rings. The van der Waals surface area contributed by atoms with Gasteiger partial charge in [-0.1, -0.05) is 12.1 Å². The van der Waals surface area contributed by atoms with Crippen LogP contribution in [0.4, 0.5) is 16.2 Å². The summed E-state index contributed by atoms with van der Waals surface area (Å²) in [4.78, 5) is 8.85. The van der Waals surface area contributed by atoms with Gasteiger partial charge in [0.05, 0.1) is 0 Å². The van der Waals surface area contributed by atoms with Crippen LogP contribution in [0.2, 0.25) is 0 Å². The molecular weight excluding hydrogens is 267 g/mol. The first-order valence-corrected chi connectivity index (χ1v) is 7.29. The van der Waals surface area contributed by atoms with Crippen molar-refractivity contribution in [1.29, 1.82) is 0 Å². The molecule has 1 aromatic carbocycles. The number of anilines is 2. The molecule has 1 heterocycles. The van der Waals surface area contributed by atoms with Gasteiger partial charge in [-0.15, -0.1) is 0 Å². The molecule has 0 radical (unpaired) electrons. The van der Waals surface area contributed by atoms with Gasteiger partial charge in [0.15, 0.2) is 0 Å². The van der Waals surface area contributed by atoms with E-state index in [1.807, 2.05) is 13.0 Å². The van der Waals surface area contributed by atoms with Crippen LogP contribution in [0.1, 0.15) is 24.1 Å². The van der Waals surface area contributed by atoms with Crippen LogP contribution in [0.3, 0.4) is 0 Å². The van der Waals surface area contributed by atoms with Crippen molar-refractivity contribution in [2.45, 2.75) is 32.2 Å². The molecule has 1 saturated carbocycles. The molecule has 2 N–H and O–H groups in total. The fraction of sp³-hybridized carbons (Fsp3) is 0.375. The van der Waals surface area contributed by atoms with Gasteiger partial charge in [-0.2, -0.15) is 4.98 Å². The Bertz CT molecular complexity index is 608.